The Hall–Kier alpha value is -0.220. The van der Waals surface area contributed by atoms with Gasteiger partial charge in [0.25, 0.3) is 0 Å². The zero-order chi connectivity index (χ0) is 12.1. The molecule has 1 rings (SSSR count). The fourth-order valence-electron chi connectivity index (χ4n) is 1.37. The molecule has 16 heavy (non-hydrogen) atoms. The van der Waals surface area contributed by atoms with E-state index >= 15 is 0 Å². The summed E-state index contributed by atoms with van der Waals surface area (Å²) in [6, 6.07) is 1.56. The maximum absolute atomic E-state index is 8.97. The minimum absolute atomic E-state index is 0.0399. The molecule has 90 valence electrons. The van der Waals surface area contributed by atoms with E-state index in [9.17, 15) is 0 Å². The van der Waals surface area contributed by atoms with E-state index in [-0.39, 0.29) is 11.8 Å². The maximum atomic E-state index is 8.97. The van der Waals surface area contributed by atoms with Crippen molar-refractivity contribution in [3.05, 3.63) is 21.3 Å². The number of halogens is 3. The van der Waals surface area contributed by atoms with Crippen molar-refractivity contribution in [3.8, 4) is 0 Å². The van der Waals surface area contributed by atoms with E-state index < -0.39 is 0 Å². The van der Waals surface area contributed by atoms with Crippen LogP contribution in [0.3, 0.4) is 0 Å². The number of aliphatic hydroxyl groups excluding tert-OH is 1. The first-order valence-corrected chi connectivity index (χ1v) is 6.10. The van der Waals surface area contributed by atoms with Gasteiger partial charge in [0.05, 0.1) is 16.7 Å². The third-order valence-electron chi connectivity index (χ3n) is 2.03. The lowest BCUT2D eigenvalue weighted by molar-refractivity contribution is 0.301. The zero-order valence-electron chi connectivity index (χ0n) is 8.88. The van der Waals surface area contributed by atoms with Gasteiger partial charge in [0.1, 0.15) is 11.0 Å². The molecule has 0 spiro atoms. The summed E-state index contributed by atoms with van der Waals surface area (Å²) < 4.78 is 0. The van der Waals surface area contributed by atoms with Crippen LogP contribution >= 0.6 is 34.8 Å². The highest BCUT2D eigenvalue weighted by molar-refractivity contribution is 6.42. The van der Waals surface area contributed by atoms with Gasteiger partial charge >= 0.3 is 0 Å². The largest absolute Gasteiger partial charge is 0.395 e. The number of aliphatic hydroxyl groups is 1. The summed E-state index contributed by atoms with van der Waals surface area (Å²) in [5, 5.41) is 9.96. The van der Waals surface area contributed by atoms with E-state index in [0.29, 0.717) is 22.4 Å². The van der Waals surface area contributed by atoms with Crippen LogP contribution in [-0.4, -0.2) is 29.8 Å². The van der Waals surface area contributed by atoms with Gasteiger partial charge in [-0.25, -0.2) is 4.98 Å². The second kappa shape index (κ2) is 6.50. The molecule has 1 aromatic rings. The van der Waals surface area contributed by atoms with Gasteiger partial charge in [-0.3, -0.25) is 0 Å². The standard InChI is InChI=1S/C10H13Cl3N2O/c1-2-3-15(4-5-16)10-8(12)6-7(11)9(13)14-10/h6,16H,2-5H2,1H3. The van der Waals surface area contributed by atoms with Crippen molar-refractivity contribution < 1.29 is 5.11 Å². The maximum Gasteiger partial charge on any atom is 0.150 e. The molecule has 0 aliphatic heterocycles. The van der Waals surface area contributed by atoms with Gasteiger partial charge in [0.15, 0.2) is 0 Å². The third kappa shape index (κ3) is 3.39. The van der Waals surface area contributed by atoms with Gasteiger partial charge in [0.2, 0.25) is 0 Å². The van der Waals surface area contributed by atoms with E-state index in [1.165, 1.54) is 0 Å². The van der Waals surface area contributed by atoms with E-state index in [0.717, 1.165) is 13.0 Å². The molecule has 6 heteroatoms. The average molecular weight is 284 g/mol. The first kappa shape index (κ1) is 13.8. The molecule has 0 radical (unpaired) electrons. The van der Waals surface area contributed by atoms with Gasteiger partial charge in [0, 0.05) is 13.1 Å². The second-order valence-electron chi connectivity index (χ2n) is 3.28. The molecule has 0 saturated heterocycles. The molecule has 1 N–H and O–H groups in total. The molecular weight excluding hydrogens is 270 g/mol. The number of aromatic nitrogens is 1. The van der Waals surface area contributed by atoms with E-state index in [2.05, 4.69) is 4.98 Å². The van der Waals surface area contributed by atoms with Crippen LogP contribution in [-0.2, 0) is 0 Å². The van der Waals surface area contributed by atoms with Gasteiger partial charge in [-0.05, 0) is 12.5 Å². The Morgan fingerprint density at radius 3 is 2.50 bits per heavy atom. The Bertz CT molecular complexity index is 354. The van der Waals surface area contributed by atoms with Crippen molar-refractivity contribution >= 4 is 40.6 Å². The number of rotatable bonds is 5. The lowest BCUT2D eigenvalue weighted by Gasteiger charge is -2.23. The molecule has 0 aliphatic rings. The number of nitrogens with zero attached hydrogens (tertiary/aromatic N) is 2. The van der Waals surface area contributed by atoms with Crippen molar-refractivity contribution in [2.24, 2.45) is 0 Å². The number of pyridine rings is 1. The van der Waals surface area contributed by atoms with Crippen LogP contribution in [0.25, 0.3) is 0 Å². The van der Waals surface area contributed by atoms with Crippen molar-refractivity contribution in [1.82, 2.24) is 4.98 Å². The highest BCUT2D eigenvalue weighted by atomic mass is 35.5. The summed E-state index contributed by atoms with van der Waals surface area (Å²) in [6.45, 7) is 3.30. The van der Waals surface area contributed by atoms with Crippen LogP contribution in [0.5, 0.6) is 0 Å². The molecule has 1 heterocycles. The van der Waals surface area contributed by atoms with Crippen molar-refractivity contribution in [1.29, 1.82) is 0 Å². The molecule has 0 amide bonds. The third-order valence-corrected chi connectivity index (χ3v) is 2.98. The van der Waals surface area contributed by atoms with Gasteiger partial charge in [-0.2, -0.15) is 0 Å². The summed E-state index contributed by atoms with van der Waals surface area (Å²) in [7, 11) is 0. The Morgan fingerprint density at radius 2 is 1.94 bits per heavy atom. The smallest absolute Gasteiger partial charge is 0.150 e. The van der Waals surface area contributed by atoms with Gasteiger partial charge in [-0.1, -0.05) is 41.7 Å². The minimum Gasteiger partial charge on any atom is -0.395 e. The van der Waals surface area contributed by atoms with Crippen LogP contribution in [0.1, 0.15) is 13.3 Å². The summed E-state index contributed by atoms with van der Waals surface area (Å²) in [5.74, 6) is 0.562. The van der Waals surface area contributed by atoms with E-state index in [1.54, 1.807) is 6.07 Å². The molecule has 0 aromatic carbocycles. The van der Waals surface area contributed by atoms with Crippen molar-refractivity contribution in [3.63, 3.8) is 0 Å². The lowest BCUT2D eigenvalue weighted by atomic mass is 10.3. The van der Waals surface area contributed by atoms with Gasteiger partial charge in [-0.15, -0.1) is 0 Å². The van der Waals surface area contributed by atoms with E-state index in [1.807, 2.05) is 11.8 Å². The quantitative estimate of drug-likeness (QED) is 0.843. The normalized spacial score (nSPS) is 10.6. The molecule has 0 unspecified atom stereocenters. The Balaban J connectivity index is 3.03. The molecular formula is C10H13Cl3N2O. The minimum atomic E-state index is 0.0399. The van der Waals surface area contributed by atoms with Crippen LogP contribution < -0.4 is 4.90 Å². The number of anilines is 1. The molecule has 0 atom stereocenters. The molecule has 0 aliphatic carbocycles. The number of hydrogen-bond acceptors (Lipinski definition) is 3. The highest BCUT2D eigenvalue weighted by Crippen LogP contribution is 2.31. The SMILES string of the molecule is CCCN(CCO)c1nc(Cl)c(Cl)cc1Cl. The zero-order valence-corrected chi connectivity index (χ0v) is 11.1. The fraction of sp³-hybridized carbons (Fsp3) is 0.500. The summed E-state index contributed by atoms with van der Waals surface area (Å²) >= 11 is 17.7. The van der Waals surface area contributed by atoms with Crippen LogP contribution in [0, 0.1) is 0 Å². The highest BCUT2D eigenvalue weighted by Gasteiger charge is 2.13. The number of hydrogen-bond donors (Lipinski definition) is 1. The summed E-state index contributed by atoms with van der Waals surface area (Å²) in [6.07, 6.45) is 0.929. The first-order chi connectivity index (χ1) is 7.60. The average Bonchev–Trinajstić information content (AvgIpc) is 2.23. The Kier molecular flexibility index (Phi) is 5.62. The van der Waals surface area contributed by atoms with Crippen molar-refractivity contribution in [2.45, 2.75) is 13.3 Å². The van der Waals surface area contributed by atoms with E-state index in [4.69, 9.17) is 39.9 Å². The summed E-state index contributed by atoms with van der Waals surface area (Å²) in [4.78, 5) is 6.01. The molecule has 0 saturated carbocycles. The lowest BCUT2D eigenvalue weighted by Crippen LogP contribution is -2.28. The Labute approximate surface area is 110 Å². The first-order valence-electron chi connectivity index (χ1n) is 4.97. The van der Waals surface area contributed by atoms with Crippen LogP contribution in [0.4, 0.5) is 5.82 Å². The molecule has 0 fully saturated rings. The van der Waals surface area contributed by atoms with Crippen molar-refractivity contribution in [2.75, 3.05) is 24.6 Å². The topological polar surface area (TPSA) is 36.4 Å². The predicted octanol–water partition coefficient (Wildman–Crippen LogP) is 3.25. The van der Waals surface area contributed by atoms with Gasteiger partial charge < -0.3 is 10.0 Å². The Morgan fingerprint density at radius 1 is 1.25 bits per heavy atom. The van der Waals surface area contributed by atoms with Crippen LogP contribution in [0.15, 0.2) is 6.07 Å². The second-order valence-corrected chi connectivity index (χ2v) is 4.45. The predicted molar refractivity (Wildman–Crippen MR) is 68.9 cm³/mol. The molecule has 0 bridgehead atoms. The fourth-order valence-corrected chi connectivity index (χ4v) is 1.98. The summed E-state index contributed by atoms with van der Waals surface area (Å²) in [5.41, 5.74) is 0. The van der Waals surface area contributed by atoms with Crippen LogP contribution in [0.2, 0.25) is 15.2 Å². The molecule has 3 nitrogen and oxygen atoms in total. The molecule has 1 aromatic heterocycles. The monoisotopic (exact) mass is 282 g/mol.